The molecular weight excluding hydrogens is 130 g/mol. The molecule has 0 aliphatic carbocycles. The van der Waals surface area contributed by atoms with Gasteiger partial charge in [0.05, 0.1) is 0 Å². The maximum atomic E-state index is 9.98. The minimum absolute atomic E-state index is 0.179. The lowest BCUT2D eigenvalue weighted by atomic mass is 10.8. The zero-order valence-electron chi connectivity index (χ0n) is 4.53. The maximum Gasteiger partial charge on any atom is 0.335 e. The maximum absolute atomic E-state index is 9.98. The first kappa shape index (κ1) is 7.87. The third-order valence-electron chi connectivity index (χ3n) is 0.679. The summed E-state index contributed by atoms with van der Waals surface area (Å²) >= 11 is 0. The van der Waals surface area contributed by atoms with Gasteiger partial charge in [0.15, 0.2) is 0 Å². The summed E-state index contributed by atoms with van der Waals surface area (Å²) in [5.41, 5.74) is 0. The van der Waals surface area contributed by atoms with Crippen molar-refractivity contribution in [2.75, 3.05) is 6.54 Å². The molecule has 0 bridgehead atoms. The second kappa shape index (κ2) is 2.43. The fourth-order valence-electron chi connectivity index (χ4n) is 0.163. The van der Waals surface area contributed by atoms with Crippen LogP contribution in [0.15, 0.2) is 0 Å². The van der Waals surface area contributed by atoms with Crippen LogP contribution < -0.4 is 0 Å². The fraction of sp³-hybridized carbons (Fsp3) is 0.667. The molecule has 0 atom stereocenters. The van der Waals surface area contributed by atoms with E-state index in [9.17, 15) is 8.42 Å². The van der Waals surface area contributed by atoms with Crippen molar-refractivity contribution in [1.82, 2.24) is 4.31 Å². The topological polar surface area (TPSA) is 57.6 Å². The average Bonchev–Trinajstić information content (AvgIpc) is 1.62. The Morgan fingerprint density at radius 1 is 1.75 bits per heavy atom. The predicted molar refractivity (Wildman–Crippen MR) is 29.3 cm³/mol. The highest BCUT2D eigenvalue weighted by atomic mass is 32.2. The summed E-state index contributed by atoms with van der Waals surface area (Å²) in [6.45, 7) is 1.75. The average molecular weight is 138 g/mol. The molecular formula is C3H8NO3S. The summed E-state index contributed by atoms with van der Waals surface area (Å²) in [7, 11) is -1.01. The van der Waals surface area contributed by atoms with Crippen LogP contribution in [-0.2, 0) is 10.3 Å². The third-order valence-corrected chi connectivity index (χ3v) is 1.59. The summed E-state index contributed by atoms with van der Waals surface area (Å²) in [6.07, 6.45) is 0. The molecule has 49 valence electrons. The monoisotopic (exact) mass is 138 g/mol. The molecule has 1 N–H and O–H groups in total. The van der Waals surface area contributed by atoms with E-state index < -0.39 is 10.3 Å². The highest BCUT2D eigenvalue weighted by Gasteiger charge is 2.08. The molecule has 5 heteroatoms. The van der Waals surface area contributed by atoms with Crippen molar-refractivity contribution in [3.63, 3.8) is 0 Å². The van der Waals surface area contributed by atoms with Crippen LogP contribution in [0, 0.1) is 7.05 Å². The van der Waals surface area contributed by atoms with E-state index in [2.05, 4.69) is 7.05 Å². The number of hydrogen-bond acceptors (Lipinski definition) is 2. The lowest BCUT2D eigenvalue weighted by Crippen LogP contribution is -2.22. The van der Waals surface area contributed by atoms with E-state index in [-0.39, 0.29) is 6.54 Å². The molecule has 1 radical (unpaired) electrons. The van der Waals surface area contributed by atoms with Gasteiger partial charge in [-0.15, -0.1) is 0 Å². The molecule has 0 heterocycles. The normalized spacial score (nSPS) is 12.5. The Kier molecular flexibility index (Phi) is 2.39. The summed E-state index contributed by atoms with van der Waals surface area (Å²) in [5.74, 6) is 0. The van der Waals surface area contributed by atoms with Gasteiger partial charge >= 0.3 is 10.3 Å². The van der Waals surface area contributed by atoms with E-state index >= 15 is 0 Å². The van der Waals surface area contributed by atoms with Crippen LogP contribution in [-0.4, -0.2) is 23.8 Å². The Labute approximate surface area is 49.0 Å². The number of nitrogens with zero attached hydrogens (tertiary/aromatic N) is 1. The molecule has 0 rings (SSSR count). The second-order valence-corrected chi connectivity index (χ2v) is 2.66. The fourth-order valence-corrected chi connectivity index (χ4v) is 0.489. The van der Waals surface area contributed by atoms with E-state index in [1.165, 1.54) is 0 Å². The van der Waals surface area contributed by atoms with Crippen LogP contribution in [0.4, 0.5) is 0 Å². The van der Waals surface area contributed by atoms with Gasteiger partial charge in [0.1, 0.15) is 0 Å². The van der Waals surface area contributed by atoms with Gasteiger partial charge in [-0.25, -0.2) is 0 Å². The van der Waals surface area contributed by atoms with Gasteiger partial charge in [0.2, 0.25) is 0 Å². The van der Waals surface area contributed by atoms with Crippen LogP contribution in [0.1, 0.15) is 6.92 Å². The molecule has 0 aliphatic heterocycles. The van der Waals surface area contributed by atoms with Crippen LogP contribution in [0.25, 0.3) is 0 Å². The Morgan fingerprint density at radius 3 is 2.12 bits per heavy atom. The molecule has 0 aromatic carbocycles. The van der Waals surface area contributed by atoms with Crippen molar-refractivity contribution in [1.29, 1.82) is 0 Å². The zero-order valence-corrected chi connectivity index (χ0v) is 5.35. The number of hydrogen-bond donors (Lipinski definition) is 1. The molecule has 0 aliphatic rings. The Balaban J connectivity index is 4.04. The third kappa shape index (κ3) is 2.25. The molecule has 0 aromatic heterocycles. The molecule has 0 fully saturated rings. The summed E-state index contributed by atoms with van der Waals surface area (Å²) in [4.78, 5) is 0. The molecule has 8 heavy (non-hydrogen) atoms. The largest absolute Gasteiger partial charge is 0.335 e. The van der Waals surface area contributed by atoms with E-state index in [0.717, 1.165) is 0 Å². The smallest absolute Gasteiger partial charge is 0.273 e. The van der Waals surface area contributed by atoms with Gasteiger partial charge in [0.25, 0.3) is 0 Å². The van der Waals surface area contributed by atoms with Crippen LogP contribution in [0.2, 0.25) is 0 Å². The van der Waals surface area contributed by atoms with E-state index in [1.54, 1.807) is 6.92 Å². The molecule has 0 saturated heterocycles. The van der Waals surface area contributed by atoms with Crippen molar-refractivity contribution < 1.29 is 13.0 Å². The second-order valence-electron chi connectivity index (χ2n) is 1.25. The zero-order chi connectivity index (χ0) is 6.78. The highest BCUT2D eigenvalue weighted by molar-refractivity contribution is 7.83. The van der Waals surface area contributed by atoms with Crippen LogP contribution in [0.3, 0.4) is 0 Å². The highest BCUT2D eigenvalue weighted by Crippen LogP contribution is 1.90. The van der Waals surface area contributed by atoms with Gasteiger partial charge in [0, 0.05) is 13.6 Å². The van der Waals surface area contributed by atoms with Crippen molar-refractivity contribution >= 4 is 10.3 Å². The van der Waals surface area contributed by atoms with Crippen molar-refractivity contribution in [3.8, 4) is 0 Å². The first-order valence-corrected chi connectivity index (χ1v) is 3.44. The van der Waals surface area contributed by atoms with Crippen LogP contribution in [0.5, 0.6) is 0 Å². The first-order chi connectivity index (χ1) is 3.48. The summed E-state index contributed by atoms with van der Waals surface area (Å²) < 4.78 is 28.7. The van der Waals surface area contributed by atoms with Gasteiger partial charge in [-0.1, -0.05) is 6.92 Å². The van der Waals surface area contributed by atoms with Gasteiger partial charge in [-0.2, -0.15) is 12.7 Å². The lowest BCUT2D eigenvalue weighted by molar-refractivity contribution is 0.410. The minimum atomic E-state index is -4.03. The van der Waals surface area contributed by atoms with E-state index in [1.807, 2.05) is 0 Å². The minimum Gasteiger partial charge on any atom is -0.273 e. The SMILES string of the molecule is [CH2]N(CC)S(=O)(=O)O. The lowest BCUT2D eigenvalue weighted by Gasteiger charge is -2.06. The Bertz CT molecular complexity index is 150. The van der Waals surface area contributed by atoms with Crippen molar-refractivity contribution in [3.05, 3.63) is 7.05 Å². The van der Waals surface area contributed by atoms with Crippen molar-refractivity contribution in [2.24, 2.45) is 0 Å². The Morgan fingerprint density at radius 2 is 2.12 bits per heavy atom. The van der Waals surface area contributed by atoms with Gasteiger partial charge in [-0.3, -0.25) is 4.55 Å². The Hall–Kier alpha value is -0.130. The quantitative estimate of drug-likeness (QED) is 0.542. The number of rotatable bonds is 2. The molecule has 0 saturated carbocycles. The summed E-state index contributed by atoms with van der Waals surface area (Å²) in [5, 5.41) is 0. The molecule has 0 amide bonds. The van der Waals surface area contributed by atoms with Crippen molar-refractivity contribution in [2.45, 2.75) is 6.92 Å². The summed E-state index contributed by atoms with van der Waals surface area (Å²) in [6, 6.07) is 0. The molecule has 0 unspecified atom stereocenters. The van der Waals surface area contributed by atoms with E-state index in [4.69, 9.17) is 4.55 Å². The van der Waals surface area contributed by atoms with E-state index in [0.29, 0.717) is 4.31 Å². The van der Waals surface area contributed by atoms with Crippen LogP contribution >= 0.6 is 0 Å². The van der Waals surface area contributed by atoms with Gasteiger partial charge in [-0.05, 0) is 0 Å². The molecule has 4 nitrogen and oxygen atoms in total. The molecule has 0 aromatic rings. The van der Waals surface area contributed by atoms with Gasteiger partial charge < -0.3 is 0 Å². The first-order valence-electron chi connectivity index (χ1n) is 2.04. The predicted octanol–water partition coefficient (Wildman–Crippen LogP) is -0.0973. The standard InChI is InChI=1S/C3H8NO3S/c1-3-4(2)8(5,6)7/h2-3H2,1H3,(H,5,6,7). The molecule has 0 spiro atoms.